The van der Waals surface area contributed by atoms with Gasteiger partial charge in [-0.15, -0.1) is 0 Å². The van der Waals surface area contributed by atoms with Gasteiger partial charge in [-0.25, -0.2) is 15.0 Å². The number of benzene rings is 8. The first-order valence-corrected chi connectivity index (χ1v) is 16.2. The van der Waals surface area contributed by atoms with Gasteiger partial charge in [-0.05, 0) is 66.7 Å². The van der Waals surface area contributed by atoms with E-state index in [-0.39, 0.29) is 0 Å². The lowest BCUT2D eigenvalue weighted by molar-refractivity contribution is 1.08. The minimum absolute atomic E-state index is 0.646. The fourth-order valence-electron chi connectivity index (χ4n) is 6.65. The molecule has 0 amide bonds. The Labute approximate surface area is 278 Å². The van der Waals surface area contributed by atoms with Crippen LogP contribution in [-0.2, 0) is 0 Å². The average Bonchev–Trinajstić information content (AvgIpc) is 3.17. The van der Waals surface area contributed by atoms with E-state index < -0.39 is 0 Å². The van der Waals surface area contributed by atoms with E-state index in [2.05, 4.69) is 170 Å². The molecule has 0 radical (unpaired) electrons. The molecule has 0 bridgehead atoms. The SMILES string of the molecule is c1ccc(-c2ccc(-c3nc(-c4ccc5ccccc5c4)nc(-c4cccc5cc(-c6cccc7ccccc67)ccc45)n3)cc2)cc1. The van der Waals surface area contributed by atoms with Gasteiger partial charge in [0.15, 0.2) is 17.5 Å². The maximum atomic E-state index is 5.12. The summed E-state index contributed by atoms with van der Waals surface area (Å²) in [7, 11) is 0. The quantitative estimate of drug-likeness (QED) is 0.194. The van der Waals surface area contributed by atoms with Crippen LogP contribution >= 0.6 is 0 Å². The molecule has 0 saturated carbocycles. The Morgan fingerprint density at radius 1 is 0.250 bits per heavy atom. The van der Waals surface area contributed by atoms with Crippen molar-refractivity contribution in [2.75, 3.05) is 0 Å². The molecule has 0 N–H and O–H groups in total. The third kappa shape index (κ3) is 5.08. The molecular formula is C45H29N3. The zero-order valence-corrected chi connectivity index (χ0v) is 26.1. The highest BCUT2D eigenvalue weighted by Crippen LogP contribution is 2.35. The molecule has 0 atom stereocenters. The van der Waals surface area contributed by atoms with Crippen LogP contribution in [0.15, 0.2) is 176 Å². The van der Waals surface area contributed by atoms with E-state index in [0.29, 0.717) is 17.5 Å². The Bertz CT molecular complexity index is 2600. The van der Waals surface area contributed by atoms with Crippen molar-refractivity contribution in [1.29, 1.82) is 0 Å². The summed E-state index contributed by atoms with van der Waals surface area (Å²) < 4.78 is 0. The van der Waals surface area contributed by atoms with Crippen LogP contribution < -0.4 is 0 Å². The minimum atomic E-state index is 0.646. The van der Waals surface area contributed by atoms with Gasteiger partial charge in [0, 0.05) is 16.7 Å². The second-order valence-corrected chi connectivity index (χ2v) is 12.1. The Balaban J connectivity index is 1.19. The average molecular weight is 612 g/mol. The Morgan fingerprint density at radius 2 is 0.771 bits per heavy atom. The Morgan fingerprint density at radius 3 is 1.60 bits per heavy atom. The van der Waals surface area contributed by atoms with Gasteiger partial charge in [0.2, 0.25) is 0 Å². The normalized spacial score (nSPS) is 11.3. The van der Waals surface area contributed by atoms with Crippen molar-refractivity contribution in [2.45, 2.75) is 0 Å². The second-order valence-electron chi connectivity index (χ2n) is 12.1. The van der Waals surface area contributed by atoms with Gasteiger partial charge in [-0.3, -0.25) is 0 Å². The van der Waals surface area contributed by atoms with E-state index in [4.69, 9.17) is 15.0 Å². The third-order valence-electron chi connectivity index (χ3n) is 9.12. The fraction of sp³-hybridized carbons (Fsp3) is 0. The van der Waals surface area contributed by atoms with Crippen molar-refractivity contribution in [3.8, 4) is 56.4 Å². The second kappa shape index (κ2) is 11.7. The van der Waals surface area contributed by atoms with Crippen molar-refractivity contribution in [2.24, 2.45) is 0 Å². The van der Waals surface area contributed by atoms with Gasteiger partial charge >= 0.3 is 0 Å². The molecule has 48 heavy (non-hydrogen) atoms. The molecule has 1 aromatic heterocycles. The minimum Gasteiger partial charge on any atom is -0.208 e. The zero-order valence-electron chi connectivity index (χ0n) is 26.1. The summed E-state index contributed by atoms with van der Waals surface area (Å²) in [6, 6.07) is 61.8. The zero-order chi connectivity index (χ0) is 31.9. The number of rotatable bonds is 5. The smallest absolute Gasteiger partial charge is 0.164 e. The van der Waals surface area contributed by atoms with Crippen LogP contribution in [-0.4, -0.2) is 15.0 Å². The molecular weight excluding hydrogens is 583 g/mol. The van der Waals surface area contributed by atoms with Crippen LogP contribution in [0.25, 0.3) is 88.7 Å². The van der Waals surface area contributed by atoms with E-state index in [1.807, 2.05) is 6.07 Å². The first-order chi connectivity index (χ1) is 23.8. The lowest BCUT2D eigenvalue weighted by Crippen LogP contribution is -2.00. The van der Waals surface area contributed by atoms with Crippen LogP contribution in [0.4, 0.5) is 0 Å². The molecule has 9 rings (SSSR count). The van der Waals surface area contributed by atoms with Crippen molar-refractivity contribution in [1.82, 2.24) is 15.0 Å². The molecule has 0 spiro atoms. The van der Waals surface area contributed by atoms with E-state index in [1.165, 1.54) is 32.8 Å². The first-order valence-electron chi connectivity index (χ1n) is 16.2. The highest BCUT2D eigenvalue weighted by molar-refractivity contribution is 6.02. The lowest BCUT2D eigenvalue weighted by atomic mass is 9.95. The third-order valence-corrected chi connectivity index (χ3v) is 9.12. The summed E-state index contributed by atoms with van der Waals surface area (Å²) in [6.07, 6.45) is 0. The van der Waals surface area contributed by atoms with Gasteiger partial charge in [-0.1, -0.05) is 164 Å². The molecule has 0 aliphatic carbocycles. The molecule has 8 aromatic carbocycles. The molecule has 3 nitrogen and oxygen atoms in total. The van der Waals surface area contributed by atoms with Crippen LogP contribution in [0.1, 0.15) is 0 Å². The van der Waals surface area contributed by atoms with E-state index in [1.54, 1.807) is 0 Å². The topological polar surface area (TPSA) is 38.7 Å². The highest BCUT2D eigenvalue weighted by atomic mass is 15.0. The maximum Gasteiger partial charge on any atom is 0.164 e. The number of hydrogen-bond acceptors (Lipinski definition) is 3. The molecule has 0 fully saturated rings. The molecule has 0 aliphatic rings. The van der Waals surface area contributed by atoms with E-state index in [9.17, 15) is 0 Å². The van der Waals surface area contributed by atoms with Crippen LogP contribution in [0, 0.1) is 0 Å². The lowest BCUT2D eigenvalue weighted by Gasteiger charge is -2.12. The molecule has 3 heteroatoms. The molecule has 0 saturated heterocycles. The number of aromatic nitrogens is 3. The molecule has 224 valence electrons. The van der Waals surface area contributed by atoms with Gasteiger partial charge < -0.3 is 0 Å². The standard InChI is InChI=1S/C45H29N3/c1-2-10-30(11-3-1)32-20-23-34(24-21-32)43-46-44(38-25-22-31-12-4-5-14-35(31)28-38)48-45(47-43)42-19-9-16-36-29-37(26-27-41(36)42)40-18-8-15-33-13-6-7-17-39(33)40/h1-29H. The molecule has 0 unspecified atom stereocenters. The van der Waals surface area contributed by atoms with Gasteiger partial charge in [0.1, 0.15) is 0 Å². The van der Waals surface area contributed by atoms with E-state index >= 15 is 0 Å². The molecule has 1 heterocycles. The monoisotopic (exact) mass is 611 g/mol. The van der Waals surface area contributed by atoms with Crippen molar-refractivity contribution in [3.63, 3.8) is 0 Å². The van der Waals surface area contributed by atoms with Gasteiger partial charge in [0.25, 0.3) is 0 Å². The summed E-state index contributed by atoms with van der Waals surface area (Å²) in [5.41, 5.74) is 7.61. The largest absolute Gasteiger partial charge is 0.208 e. The number of hydrogen-bond donors (Lipinski definition) is 0. The Kier molecular flexibility index (Phi) is 6.80. The van der Waals surface area contributed by atoms with Crippen LogP contribution in [0.2, 0.25) is 0 Å². The van der Waals surface area contributed by atoms with Crippen LogP contribution in [0.5, 0.6) is 0 Å². The van der Waals surface area contributed by atoms with E-state index in [0.717, 1.165) is 38.4 Å². The van der Waals surface area contributed by atoms with Gasteiger partial charge in [0.05, 0.1) is 0 Å². The van der Waals surface area contributed by atoms with Crippen LogP contribution in [0.3, 0.4) is 0 Å². The summed E-state index contributed by atoms with van der Waals surface area (Å²) in [5, 5.41) is 7.05. The predicted octanol–water partition coefficient (Wildman–Crippen LogP) is 11.7. The first kappa shape index (κ1) is 27.8. The van der Waals surface area contributed by atoms with Crippen molar-refractivity contribution in [3.05, 3.63) is 176 Å². The van der Waals surface area contributed by atoms with Crippen molar-refractivity contribution < 1.29 is 0 Å². The molecule has 9 aromatic rings. The highest BCUT2D eigenvalue weighted by Gasteiger charge is 2.16. The summed E-state index contributed by atoms with van der Waals surface area (Å²) in [6.45, 7) is 0. The summed E-state index contributed by atoms with van der Waals surface area (Å²) in [4.78, 5) is 15.3. The number of fused-ring (bicyclic) bond motifs is 3. The Hall–Kier alpha value is -6.45. The van der Waals surface area contributed by atoms with Gasteiger partial charge in [-0.2, -0.15) is 0 Å². The fourth-order valence-corrected chi connectivity index (χ4v) is 6.65. The number of nitrogens with zero attached hydrogens (tertiary/aromatic N) is 3. The summed E-state index contributed by atoms with van der Waals surface area (Å²) >= 11 is 0. The maximum absolute atomic E-state index is 5.12. The molecule has 0 aliphatic heterocycles. The predicted molar refractivity (Wildman–Crippen MR) is 200 cm³/mol. The van der Waals surface area contributed by atoms with Crippen molar-refractivity contribution >= 4 is 32.3 Å². The summed E-state index contributed by atoms with van der Waals surface area (Å²) in [5.74, 6) is 1.95.